The third-order valence-electron chi connectivity index (χ3n) is 5.77. The van der Waals surface area contributed by atoms with Gasteiger partial charge in [0.05, 0.1) is 17.2 Å². The third-order valence-corrected chi connectivity index (χ3v) is 6.99. The molecule has 0 spiro atoms. The number of sulfonamides is 1. The minimum absolute atomic E-state index is 0.00326. The first-order valence-electron chi connectivity index (χ1n) is 9.17. The van der Waals surface area contributed by atoms with Crippen molar-refractivity contribution in [2.75, 3.05) is 19.3 Å². The van der Waals surface area contributed by atoms with Gasteiger partial charge in [-0.3, -0.25) is 9.78 Å². The molecular formula is C18H23N5O4S. The van der Waals surface area contributed by atoms with Crippen LogP contribution in [-0.2, 0) is 15.4 Å². The molecule has 28 heavy (non-hydrogen) atoms. The van der Waals surface area contributed by atoms with E-state index in [9.17, 15) is 13.2 Å². The zero-order valence-electron chi connectivity index (χ0n) is 16.0. The normalized spacial score (nSPS) is 27.7. The number of nitrogens with zero attached hydrogens (tertiary/aromatic N) is 4. The molecule has 2 aromatic heterocycles. The van der Waals surface area contributed by atoms with Gasteiger partial charge < -0.3 is 9.84 Å². The molecule has 2 aliphatic rings. The first-order chi connectivity index (χ1) is 13.2. The zero-order valence-corrected chi connectivity index (χ0v) is 16.9. The quantitative estimate of drug-likeness (QED) is 0.799. The first-order valence-corrected chi connectivity index (χ1v) is 11.0. The van der Waals surface area contributed by atoms with Crippen LogP contribution in [0.2, 0.25) is 0 Å². The standard InChI is InChI=1S/C18H23N5O4S/c1-11-4-5-13(8-19-11)16(24)21-15-6-14-9-23(28(3,25)26)10-18(14,7-15)17-20-12(2)22-27-17/h4-5,8,14-15H,6-7,9-10H2,1-3H3,(H,21,24). The van der Waals surface area contributed by atoms with Crippen molar-refractivity contribution in [1.29, 1.82) is 0 Å². The van der Waals surface area contributed by atoms with Crippen molar-refractivity contribution >= 4 is 15.9 Å². The highest BCUT2D eigenvalue weighted by Crippen LogP contribution is 2.50. The number of amides is 1. The number of carbonyl (C=O) groups is 1. The van der Waals surface area contributed by atoms with Crippen molar-refractivity contribution in [3.05, 3.63) is 41.3 Å². The molecule has 1 N–H and O–H groups in total. The highest BCUT2D eigenvalue weighted by molar-refractivity contribution is 7.88. The number of aryl methyl sites for hydroxylation is 2. The van der Waals surface area contributed by atoms with Gasteiger partial charge >= 0.3 is 0 Å². The largest absolute Gasteiger partial charge is 0.349 e. The van der Waals surface area contributed by atoms with Crippen molar-refractivity contribution in [2.45, 2.75) is 38.1 Å². The minimum atomic E-state index is -3.32. The summed E-state index contributed by atoms with van der Waals surface area (Å²) in [6.07, 6.45) is 3.97. The van der Waals surface area contributed by atoms with E-state index < -0.39 is 15.4 Å². The summed E-state index contributed by atoms with van der Waals surface area (Å²) in [5.41, 5.74) is 0.773. The van der Waals surface area contributed by atoms with Crippen LogP contribution in [0.25, 0.3) is 0 Å². The molecule has 1 amide bonds. The van der Waals surface area contributed by atoms with Crippen molar-refractivity contribution in [3.8, 4) is 0 Å². The molecule has 150 valence electrons. The maximum atomic E-state index is 12.6. The topological polar surface area (TPSA) is 118 Å². The first kappa shape index (κ1) is 19.0. The molecule has 3 unspecified atom stereocenters. The Balaban J connectivity index is 1.57. The molecule has 9 nitrogen and oxygen atoms in total. The van der Waals surface area contributed by atoms with Gasteiger partial charge in [-0.1, -0.05) is 5.16 Å². The van der Waals surface area contributed by atoms with E-state index in [1.165, 1.54) is 10.6 Å². The second-order valence-corrected chi connectivity index (χ2v) is 9.84. The van der Waals surface area contributed by atoms with Crippen molar-refractivity contribution in [2.24, 2.45) is 5.92 Å². The Hall–Kier alpha value is -2.33. The van der Waals surface area contributed by atoms with Crippen molar-refractivity contribution in [1.82, 2.24) is 24.7 Å². The number of rotatable bonds is 4. The van der Waals surface area contributed by atoms with Gasteiger partial charge in [0.2, 0.25) is 15.9 Å². The van der Waals surface area contributed by atoms with Crippen LogP contribution in [0.3, 0.4) is 0 Å². The summed E-state index contributed by atoms with van der Waals surface area (Å²) in [6, 6.07) is 3.44. The van der Waals surface area contributed by atoms with Gasteiger partial charge in [0.25, 0.3) is 5.91 Å². The highest BCUT2D eigenvalue weighted by atomic mass is 32.2. The molecule has 2 fully saturated rings. The Bertz CT molecular complexity index is 1000. The second-order valence-electron chi connectivity index (χ2n) is 7.85. The molecule has 1 saturated heterocycles. The van der Waals surface area contributed by atoms with E-state index in [1.807, 2.05) is 6.92 Å². The molecule has 4 rings (SSSR count). The Morgan fingerprint density at radius 1 is 1.36 bits per heavy atom. The van der Waals surface area contributed by atoms with Crippen molar-refractivity contribution in [3.63, 3.8) is 0 Å². The van der Waals surface area contributed by atoms with Gasteiger partial charge in [0, 0.05) is 31.0 Å². The summed E-state index contributed by atoms with van der Waals surface area (Å²) in [6.45, 7) is 4.28. The molecular weight excluding hydrogens is 382 g/mol. The fraction of sp³-hybridized carbons (Fsp3) is 0.556. The summed E-state index contributed by atoms with van der Waals surface area (Å²) < 4.78 is 31.1. The smallest absolute Gasteiger partial charge is 0.253 e. The lowest BCUT2D eigenvalue weighted by molar-refractivity contribution is 0.0934. The number of fused-ring (bicyclic) bond motifs is 1. The monoisotopic (exact) mass is 405 g/mol. The lowest BCUT2D eigenvalue weighted by Crippen LogP contribution is -2.39. The van der Waals surface area contributed by atoms with Crippen molar-refractivity contribution < 1.29 is 17.7 Å². The number of carbonyl (C=O) groups excluding carboxylic acids is 1. The lowest BCUT2D eigenvalue weighted by Gasteiger charge is -2.24. The van der Waals surface area contributed by atoms with E-state index in [2.05, 4.69) is 20.4 Å². The van der Waals surface area contributed by atoms with Crippen LogP contribution in [0.15, 0.2) is 22.9 Å². The van der Waals surface area contributed by atoms with E-state index in [0.717, 1.165) is 5.69 Å². The lowest BCUT2D eigenvalue weighted by atomic mass is 9.80. The number of nitrogens with one attached hydrogen (secondary N) is 1. The third kappa shape index (κ3) is 3.30. The van der Waals surface area contributed by atoms with E-state index in [1.54, 1.807) is 25.3 Å². The van der Waals surface area contributed by atoms with Crippen LogP contribution in [0.5, 0.6) is 0 Å². The zero-order chi connectivity index (χ0) is 20.1. The molecule has 0 bridgehead atoms. The minimum Gasteiger partial charge on any atom is -0.349 e. The van der Waals surface area contributed by atoms with Crippen LogP contribution < -0.4 is 5.32 Å². The maximum Gasteiger partial charge on any atom is 0.253 e. The van der Waals surface area contributed by atoms with E-state index in [4.69, 9.17) is 4.52 Å². The molecule has 1 saturated carbocycles. The van der Waals surface area contributed by atoms with Gasteiger partial charge in [-0.2, -0.15) is 4.98 Å². The molecule has 3 heterocycles. The van der Waals surface area contributed by atoms with Crippen LogP contribution in [0, 0.1) is 19.8 Å². The summed E-state index contributed by atoms with van der Waals surface area (Å²) >= 11 is 0. The van der Waals surface area contributed by atoms with E-state index >= 15 is 0 Å². The number of hydrogen-bond donors (Lipinski definition) is 1. The highest BCUT2D eigenvalue weighted by Gasteiger charge is 2.58. The van der Waals surface area contributed by atoms with Gasteiger partial charge in [-0.05, 0) is 44.7 Å². The predicted molar refractivity (Wildman–Crippen MR) is 100 cm³/mol. The molecule has 0 radical (unpaired) electrons. The Labute approximate surface area is 163 Å². The summed E-state index contributed by atoms with van der Waals surface area (Å²) in [5, 5.41) is 6.96. The molecule has 1 aliphatic heterocycles. The SMILES string of the molecule is Cc1ccc(C(=O)NC2CC3CN(S(C)(=O)=O)CC3(c3nc(C)no3)C2)cn1. The molecule has 10 heteroatoms. The summed E-state index contributed by atoms with van der Waals surface area (Å²) in [5.74, 6) is 0.784. The Kier molecular flexibility index (Phi) is 4.50. The van der Waals surface area contributed by atoms with Gasteiger partial charge in [0.15, 0.2) is 5.82 Å². The molecule has 2 aromatic rings. The average Bonchev–Trinajstić information content (AvgIpc) is 3.27. The van der Waals surface area contributed by atoms with Gasteiger partial charge in [-0.25, -0.2) is 12.7 Å². The molecule has 1 aliphatic carbocycles. The maximum absolute atomic E-state index is 12.6. The summed E-state index contributed by atoms with van der Waals surface area (Å²) in [4.78, 5) is 21.2. The number of hydrogen-bond acceptors (Lipinski definition) is 7. The van der Waals surface area contributed by atoms with E-state index in [-0.39, 0.29) is 24.4 Å². The van der Waals surface area contributed by atoms with Gasteiger partial charge in [0.1, 0.15) is 0 Å². The van der Waals surface area contributed by atoms with Crippen LogP contribution in [-0.4, -0.2) is 59.1 Å². The van der Waals surface area contributed by atoms with E-state index in [0.29, 0.717) is 36.7 Å². The number of pyridine rings is 1. The predicted octanol–water partition coefficient (Wildman–Crippen LogP) is 0.803. The van der Waals surface area contributed by atoms with Crippen LogP contribution in [0.1, 0.15) is 40.6 Å². The summed E-state index contributed by atoms with van der Waals surface area (Å²) in [7, 11) is -3.32. The molecule has 3 atom stereocenters. The van der Waals surface area contributed by atoms with Crippen LogP contribution >= 0.6 is 0 Å². The Morgan fingerprint density at radius 2 is 2.14 bits per heavy atom. The Morgan fingerprint density at radius 3 is 2.75 bits per heavy atom. The second kappa shape index (κ2) is 6.63. The average molecular weight is 405 g/mol. The van der Waals surface area contributed by atoms with Crippen LogP contribution in [0.4, 0.5) is 0 Å². The van der Waals surface area contributed by atoms with Gasteiger partial charge in [-0.15, -0.1) is 0 Å². The fourth-order valence-corrected chi connectivity index (χ4v) is 5.30. The number of aromatic nitrogens is 3. The fourth-order valence-electron chi connectivity index (χ4n) is 4.39. The molecule has 0 aromatic carbocycles.